The maximum Gasteiger partial charge on any atom is 0.135 e. The zero-order valence-corrected chi connectivity index (χ0v) is 35.5. The van der Waals surface area contributed by atoms with Crippen LogP contribution in [0.3, 0.4) is 0 Å². The number of nitrogens with zero attached hydrogens (tertiary/aromatic N) is 2. The second-order valence-corrected chi connectivity index (χ2v) is 16.7. The zero-order valence-electron chi connectivity index (χ0n) is 42.5. The van der Waals surface area contributed by atoms with Crippen LogP contribution in [0.15, 0.2) is 259 Å². The third kappa shape index (κ3) is 5.84. The lowest BCUT2D eigenvalue weighted by Gasteiger charge is -2.35. The Morgan fingerprint density at radius 2 is 0.909 bits per heavy atom. The first kappa shape index (κ1) is 31.2. The predicted molar refractivity (Wildman–Crippen MR) is 275 cm³/mol. The summed E-state index contributed by atoms with van der Waals surface area (Å²) in [6, 6.07) is 68.8. The highest BCUT2D eigenvalue weighted by Gasteiger charge is 2.48. The van der Waals surface area contributed by atoms with Gasteiger partial charge >= 0.3 is 0 Å². The van der Waals surface area contributed by atoms with Crippen LogP contribution >= 0.6 is 0 Å². The molecule has 13 rings (SSSR count). The van der Waals surface area contributed by atoms with Gasteiger partial charge in [0, 0.05) is 44.6 Å². The summed E-state index contributed by atoms with van der Waals surface area (Å²) >= 11 is 0. The van der Waals surface area contributed by atoms with Gasteiger partial charge in [0.25, 0.3) is 0 Å². The highest BCUT2D eigenvalue weighted by molar-refractivity contribution is 6.06. The third-order valence-corrected chi connectivity index (χ3v) is 13.2. The monoisotopic (exact) mass is 849 g/mol. The lowest BCUT2D eigenvalue weighted by molar-refractivity contribution is 0.666. The number of rotatable bonds is 8. The van der Waals surface area contributed by atoms with Crippen molar-refractivity contribution >= 4 is 77.6 Å². The van der Waals surface area contributed by atoms with Crippen molar-refractivity contribution in [3.05, 3.63) is 277 Å². The molecule has 3 nitrogen and oxygen atoms in total. The van der Waals surface area contributed by atoms with Crippen molar-refractivity contribution in [3.63, 3.8) is 0 Å². The van der Waals surface area contributed by atoms with E-state index >= 15 is 0 Å². The van der Waals surface area contributed by atoms with Crippen molar-refractivity contribution in [2.45, 2.75) is 5.41 Å². The summed E-state index contributed by atoms with van der Waals surface area (Å²) in [5.74, 6) is 0. The van der Waals surface area contributed by atoms with Crippen LogP contribution in [0.5, 0.6) is 0 Å². The zero-order chi connectivity index (χ0) is 49.7. The first-order valence-electron chi connectivity index (χ1n) is 25.6. The predicted octanol–water partition coefficient (Wildman–Crippen LogP) is 17.2. The summed E-state index contributed by atoms with van der Waals surface area (Å²) in [7, 11) is 0. The van der Waals surface area contributed by atoms with E-state index in [1.54, 1.807) is 0 Å². The first-order valence-corrected chi connectivity index (χ1v) is 22.1. The van der Waals surface area contributed by atoms with Gasteiger partial charge in [-0.2, -0.15) is 0 Å². The fourth-order valence-electron chi connectivity index (χ4n) is 10.4. The molecule has 0 bridgehead atoms. The second kappa shape index (κ2) is 15.3. The van der Waals surface area contributed by atoms with Gasteiger partial charge in [-0.1, -0.05) is 176 Å². The Labute approximate surface area is 393 Å². The van der Waals surface area contributed by atoms with Crippen molar-refractivity contribution in [2.75, 3.05) is 9.80 Å². The average Bonchev–Trinajstić information content (AvgIpc) is 3.95. The number of benzene rings is 11. The number of anilines is 6. The Bertz CT molecular complexity index is 4150. The van der Waals surface area contributed by atoms with Gasteiger partial charge in [0.2, 0.25) is 0 Å². The molecule has 0 spiro atoms. The molecule has 1 aliphatic rings. The summed E-state index contributed by atoms with van der Waals surface area (Å²) < 4.78 is 72.4. The van der Waals surface area contributed by atoms with Gasteiger partial charge in [0.15, 0.2) is 0 Å². The first-order chi connectivity index (χ1) is 35.6. The molecule has 0 N–H and O–H groups in total. The van der Waals surface area contributed by atoms with Gasteiger partial charge < -0.3 is 14.2 Å². The van der Waals surface area contributed by atoms with E-state index in [4.69, 9.17) is 7.16 Å². The smallest absolute Gasteiger partial charge is 0.135 e. The lowest BCUT2D eigenvalue weighted by atomic mass is 9.66. The molecular formula is C63H42N2O. The van der Waals surface area contributed by atoms with Crippen LogP contribution < -0.4 is 9.80 Å². The number of furan rings is 1. The van der Waals surface area contributed by atoms with E-state index in [1.165, 1.54) is 0 Å². The number of fused-ring (bicyclic) bond motifs is 8. The molecule has 12 aromatic rings. The molecule has 0 radical (unpaired) electrons. The molecule has 3 heteroatoms. The number of hydrogen-bond acceptors (Lipinski definition) is 3. The average molecular weight is 850 g/mol. The molecule has 310 valence electrons. The largest absolute Gasteiger partial charge is 0.456 e. The Kier molecular flexibility index (Phi) is 7.22. The molecule has 11 aromatic carbocycles. The molecule has 0 saturated carbocycles. The van der Waals surface area contributed by atoms with E-state index in [2.05, 4.69) is 113 Å². The van der Waals surface area contributed by atoms with Crippen LogP contribution in [0.25, 0.3) is 54.6 Å². The molecule has 66 heavy (non-hydrogen) atoms. The van der Waals surface area contributed by atoms with Crippen molar-refractivity contribution in [2.24, 2.45) is 0 Å². The maximum atomic E-state index is 10.1. The standard InChI is InChI=1S/C63H42N2O/c1-4-22-46(23-5-1)64(47-24-6-2-7-25-47)49-35-38-58-55(41-49)56-42-50(65(48-26-8-3-9-27-48)60-32-17-21-44-19-11-13-29-52(44)60)36-39-59(56)63(58,57-31-16-20-43-18-10-12-28-51(43)57)45-34-37-54-53-30-14-15-33-61(53)66-62(54)40-45/h1-42H/i10D,12D,16D,18D,20D,28D,31D. The molecule has 1 aromatic heterocycles. The highest BCUT2D eigenvalue weighted by Crippen LogP contribution is 2.60. The highest BCUT2D eigenvalue weighted by atomic mass is 16.3. The fraction of sp³-hybridized carbons (Fsp3) is 0.0159. The lowest BCUT2D eigenvalue weighted by Crippen LogP contribution is -2.29. The van der Waals surface area contributed by atoms with Crippen molar-refractivity contribution < 1.29 is 14.0 Å². The Hall–Kier alpha value is -8.66. The Balaban J connectivity index is 1.20. The molecule has 1 aliphatic carbocycles. The van der Waals surface area contributed by atoms with Gasteiger partial charge in [-0.15, -0.1) is 0 Å². The summed E-state index contributed by atoms with van der Waals surface area (Å²) in [6.45, 7) is 0. The van der Waals surface area contributed by atoms with Crippen LogP contribution in [0, 0.1) is 0 Å². The van der Waals surface area contributed by atoms with Crippen molar-refractivity contribution in [3.8, 4) is 11.1 Å². The van der Waals surface area contributed by atoms with Gasteiger partial charge in [0.05, 0.1) is 20.7 Å². The molecule has 1 atom stereocenters. The van der Waals surface area contributed by atoms with E-state index in [-0.39, 0.29) is 28.4 Å². The van der Waals surface area contributed by atoms with E-state index in [9.17, 15) is 6.85 Å². The van der Waals surface area contributed by atoms with Crippen LogP contribution in [0.1, 0.15) is 31.8 Å². The Morgan fingerprint density at radius 3 is 1.62 bits per heavy atom. The normalized spacial score (nSPS) is 15.6. The van der Waals surface area contributed by atoms with Crippen LogP contribution in [0.2, 0.25) is 0 Å². The third-order valence-electron chi connectivity index (χ3n) is 13.2. The number of hydrogen-bond donors (Lipinski definition) is 0. The van der Waals surface area contributed by atoms with Gasteiger partial charge in [-0.05, 0) is 128 Å². The quantitative estimate of drug-likeness (QED) is 0.152. The minimum atomic E-state index is -1.52. The van der Waals surface area contributed by atoms with Gasteiger partial charge in [0.1, 0.15) is 11.2 Å². The summed E-state index contributed by atoms with van der Waals surface area (Å²) in [4.78, 5) is 4.46. The summed E-state index contributed by atoms with van der Waals surface area (Å²) in [5.41, 5.74) is 9.20. The van der Waals surface area contributed by atoms with Crippen molar-refractivity contribution in [1.29, 1.82) is 0 Å². The summed E-state index contributed by atoms with van der Waals surface area (Å²) in [6.07, 6.45) is 0. The molecule has 0 fully saturated rings. The Morgan fingerprint density at radius 1 is 0.348 bits per heavy atom. The van der Waals surface area contributed by atoms with E-state index < -0.39 is 35.6 Å². The molecule has 0 aliphatic heterocycles. The van der Waals surface area contributed by atoms with Crippen LogP contribution in [0.4, 0.5) is 34.1 Å². The van der Waals surface area contributed by atoms with Gasteiger partial charge in [-0.3, -0.25) is 0 Å². The summed E-state index contributed by atoms with van der Waals surface area (Å²) in [5, 5.41) is 3.87. The SMILES string of the molecule is [2H]c1c([2H])c([2H])c2c(C3(c4ccc5c(c4)oc4ccccc45)c4ccc(N(c5ccccc5)c5ccccc5)cc4-c4cc(N(c5ccccc5)c5cccc6ccccc56)ccc43)c([2H])c([2H])c([2H])c2c1[2H]. The molecule has 1 unspecified atom stereocenters. The van der Waals surface area contributed by atoms with Crippen molar-refractivity contribution in [1.82, 2.24) is 0 Å². The van der Waals surface area contributed by atoms with E-state index in [0.717, 1.165) is 77.9 Å². The minimum absolute atomic E-state index is 0.0190. The van der Waals surface area contributed by atoms with Crippen LogP contribution in [-0.4, -0.2) is 0 Å². The number of para-hydroxylation sites is 4. The molecule has 0 amide bonds. The molecule has 1 heterocycles. The van der Waals surface area contributed by atoms with E-state index in [1.807, 2.05) is 109 Å². The maximum absolute atomic E-state index is 10.1. The van der Waals surface area contributed by atoms with Crippen LogP contribution in [-0.2, 0) is 5.41 Å². The minimum Gasteiger partial charge on any atom is -0.456 e. The molecular weight excluding hydrogens is 801 g/mol. The van der Waals surface area contributed by atoms with E-state index in [0.29, 0.717) is 16.7 Å². The fourth-order valence-corrected chi connectivity index (χ4v) is 10.4. The molecule has 0 saturated heterocycles. The van der Waals surface area contributed by atoms with Gasteiger partial charge in [-0.25, -0.2) is 0 Å². The topological polar surface area (TPSA) is 19.6 Å². The second-order valence-electron chi connectivity index (χ2n) is 16.7.